The Morgan fingerprint density at radius 3 is 2.81 bits per heavy atom. The molecule has 0 aliphatic rings. The van der Waals surface area contributed by atoms with Gasteiger partial charge in [0.25, 0.3) is 0 Å². The van der Waals surface area contributed by atoms with Crippen LogP contribution in [0.15, 0.2) is 45.3 Å². The van der Waals surface area contributed by atoms with Crippen molar-refractivity contribution in [3.05, 3.63) is 52.4 Å². The Kier molecular flexibility index (Phi) is 3.47. The number of carbonyl (C=O) groups excluding carboxylic acids is 1. The van der Waals surface area contributed by atoms with Crippen LogP contribution in [0.5, 0.6) is 0 Å². The summed E-state index contributed by atoms with van der Waals surface area (Å²) in [6, 6.07) is 9.38. The number of pyridine rings is 1. The van der Waals surface area contributed by atoms with E-state index < -0.39 is 11.8 Å². The van der Waals surface area contributed by atoms with E-state index in [1.807, 2.05) is 0 Å². The van der Waals surface area contributed by atoms with E-state index in [4.69, 9.17) is 4.42 Å². The molecule has 0 fully saturated rings. The number of rotatable bonds is 2. The molecule has 3 aromatic rings. The minimum absolute atomic E-state index is 0.175. The molecule has 1 aromatic carbocycles. The highest BCUT2D eigenvalue weighted by Crippen LogP contribution is 2.30. The minimum Gasteiger partial charge on any atom is -0.464 e. The number of furan rings is 1. The van der Waals surface area contributed by atoms with Crippen LogP contribution >= 0.6 is 15.9 Å². The van der Waals surface area contributed by atoms with Crippen LogP contribution in [0.25, 0.3) is 22.4 Å². The quantitative estimate of drug-likeness (QED) is 0.651. The Hall–Kier alpha value is -2.21. The van der Waals surface area contributed by atoms with E-state index >= 15 is 0 Å². The predicted molar refractivity (Wildman–Crippen MR) is 78.4 cm³/mol. The summed E-state index contributed by atoms with van der Waals surface area (Å²) >= 11 is 3.20. The molecule has 106 valence electrons. The molecule has 0 N–H and O–H groups in total. The first-order valence-electron chi connectivity index (χ1n) is 6.03. The van der Waals surface area contributed by atoms with E-state index in [0.29, 0.717) is 26.9 Å². The number of carbonyl (C=O) groups is 1. The maximum atomic E-state index is 13.9. The molecule has 0 saturated heterocycles. The fourth-order valence-corrected chi connectivity index (χ4v) is 2.30. The van der Waals surface area contributed by atoms with Crippen LogP contribution < -0.4 is 0 Å². The van der Waals surface area contributed by atoms with Crippen LogP contribution in [0.3, 0.4) is 0 Å². The first-order valence-corrected chi connectivity index (χ1v) is 6.82. The van der Waals surface area contributed by atoms with Crippen LogP contribution in [0.1, 0.15) is 10.5 Å². The molecule has 0 radical (unpaired) electrons. The molecule has 0 aliphatic heterocycles. The van der Waals surface area contributed by atoms with Crippen molar-refractivity contribution in [1.82, 2.24) is 4.98 Å². The number of esters is 1. The first-order chi connectivity index (χ1) is 10.1. The average Bonchev–Trinajstić information content (AvgIpc) is 2.88. The third kappa shape index (κ3) is 2.54. The van der Waals surface area contributed by atoms with Gasteiger partial charge in [0.1, 0.15) is 22.8 Å². The van der Waals surface area contributed by atoms with Crippen LogP contribution in [-0.2, 0) is 4.74 Å². The molecule has 4 nitrogen and oxygen atoms in total. The molecule has 2 heterocycles. The highest BCUT2D eigenvalue weighted by atomic mass is 79.9. The molecule has 6 heteroatoms. The van der Waals surface area contributed by atoms with E-state index in [0.717, 1.165) is 0 Å². The van der Waals surface area contributed by atoms with Gasteiger partial charge < -0.3 is 9.15 Å². The molecule has 2 aromatic heterocycles. The van der Waals surface area contributed by atoms with Gasteiger partial charge in [-0.05, 0) is 30.3 Å². The van der Waals surface area contributed by atoms with Gasteiger partial charge in [-0.15, -0.1) is 0 Å². The van der Waals surface area contributed by atoms with Crippen molar-refractivity contribution >= 4 is 33.0 Å². The zero-order valence-electron chi connectivity index (χ0n) is 10.9. The Morgan fingerprint density at radius 2 is 2.10 bits per heavy atom. The number of hydrogen-bond acceptors (Lipinski definition) is 4. The van der Waals surface area contributed by atoms with E-state index in [2.05, 4.69) is 25.7 Å². The standard InChI is InChI=1S/C15H9BrFNO3/c1-20-15(19)11-4-5-13-12(18-11)7-14(21-13)9-3-2-8(16)6-10(9)17/h2-7H,1H3. The number of fused-ring (bicyclic) bond motifs is 1. The molecule has 0 aliphatic carbocycles. The number of methoxy groups -OCH3 is 1. The highest BCUT2D eigenvalue weighted by Gasteiger charge is 2.14. The second-order valence-corrected chi connectivity index (χ2v) is 5.22. The van der Waals surface area contributed by atoms with Crippen LogP contribution in [0, 0.1) is 5.82 Å². The number of halogens is 2. The maximum Gasteiger partial charge on any atom is 0.356 e. The van der Waals surface area contributed by atoms with Gasteiger partial charge in [-0.2, -0.15) is 0 Å². The van der Waals surface area contributed by atoms with Crippen LogP contribution in [0.2, 0.25) is 0 Å². The molecule has 3 rings (SSSR count). The highest BCUT2D eigenvalue weighted by molar-refractivity contribution is 9.10. The number of hydrogen-bond donors (Lipinski definition) is 0. The SMILES string of the molecule is COC(=O)c1ccc2oc(-c3ccc(Br)cc3F)cc2n1. The summed E-state index contributed by atoms with van der Waals surface area (Å²) in [5, 5.41) is 0. The minimum atomic E-state index is -0.533. The van der Waals surface area contributed by atoms with Crippen LogP contribution in [-0.4, -0.2) is 18.1 Å². The zero-order chi connectivity index (χ0) is 15.0. The van der Waals surface area contributed by atoms with E-state index in [1.54, 1.807) is 24.3 Å². The molecule has 0 atom stereocenters. The Morgan fingerprint density at radius 1 is 1.29 bits per heavy atom. The Labute approximate surface area is 127 Å². The average molecular weight is 350 g/mol. The van der Waals surface area contributed by atoms with Crippen molar-refractivity contribution in [2.75, 3.05) is 7.11 Å². The van der Waals surface area contributed by atoms with Gasteiger partial charge in [0, 0.05) is 10.5 Å². The summed E-state index contributed by atoms with van der Waals surface area (Å²) in [6.45, 7) is 0. The third-order valence-corrected chi connectivity index (χ3v) is 3.46. The van der Waals surface area contributed by atoms with E-state index in [1.165, 1.54) is 19.2 Å². The number of nitrogens with zero attached hydrogens (tertiary/aromatic N) is 1. The van der Waals surface area contributed by atoms with Crippen molar-refractivity contribution in [3.63, 3.8) is 0 Å². The van der Waals surface area contributed by atoms with Gasteiger partial charge in [-0.3, -0.25) is 0 Å². The summed E-state index contributed by atoms with van der Waals surface area (Å²) in [6.07, 6.45) is 0. The molecule has 0 unspecified atom stereocenters. The molecule has 0 amide bonds. The maximum absolute atomic E-state index is 13.9. The monoisotopic (exact) mass is 349 g/mol. The number of aromatic nitrogens is 1. The third-order valence-electron chi connectivity index (χ3n) is 2.96. The molecular weight excluding hydrogens is 341 g/mol. The predicted octanol–water partition coefficient (Wildman–Crippen LogP) is 4.18. The Balaban J connectivity index is 2.10. The smallest absolute Gasteiger partial charge is 0.356 e. The summed E-state index contributed by atoms with van der Waals surface area (Å²) in [5.41, 5.74) is 1.44. The van der Waals surface area contributed by atoms with Crippen molar-refractivity contribution in [2.45, 2.75) is 0 Å². The van der Waals surface area contributed by atoms with Gasteiger partial charge in [0.15, 0.2) is 5.58 Å². The summed E-state index contributed by atoms with van der Waals surface area (Å²) in [5.74, 6) is -0.587. The lowest BCUT2D eigenvalue weighted by molar-refractivity contribution is 0.0594. The van der Waals surface area contributed by atoms with E-state index in [-0.39, 0.29) is 5.69 Å². The lowest BCUT2D eigenvalue weighted by atomic mass is 10.1. The second kappa shape index (κ2) is 5.29. The van der Waals surface area contributed by atoms with Crippen LogP contribution in [0.4, 0.5) is 4.39 Å². The fraction of sp³-hybridized carbons (Fsp3) is 0.0667. The lowest BCUT2D eigenvalue weighted by Gasteiger charge is -1.99. The molecule has 21 heavy (non-hydrogen) atoms. The van der Waals surface area contributed by atoms with Crippen molar-refractivity contribution in [1.29, 1.82) is 0 Å². The van der Waals surface area contributed by atoms with Gasteiger partial charge in [0.05, 0.1) is 12.7 Å². The topological polar surface area (TPSA) is 52.3 Å². The Bertz CT molecular complexity index is 844. The summed E-state index contributed by atoms with van der Waals surface area (Å²) in [7, 11) is 1.28. The zero-order valence-corrected chi connectivity index (χ0v) is 12.5. The fourth-order valence-electron chi connectivity index (χ4n) is 1.96. The lowest BCUT2D eigenvalue weighted by Crippen LogP contribution is -2.03. The number of ether oxygens (including phenoxy) is 1. The normalized spacial score (nSPS) is 10.8. The molecular formula is C15H9BrFNO3. The summed E-state index contributed by atoms with van der Waals surface area (Å²) < 4.78 is 24.8. The van der Waals surface area contributed by atoms with Crippen molar-refractivity contribution < 1.29 is 18.3 Å². The second-order valence-electron chi connectivity index (χ2n) is 4.31. The van der Waals surface area contributed by atoms with Gasteiger partial charge in [-0.25, -0.2) is 14.2 Å². The van der Waals surface area contributed by atoms with Gasteiger partial charge >= 0.3 is 5.97 Å². The van der Waals surface area contributed by atoms with Crippen molar-refractivity contribution in [3.8, 4) is 11.3 Å². The van der Waals surface area contributed by atoms with Crippen molar-refractivity contribution in [2.24, 2.45) is 0 Å². The molecule has 0 saturated carbocycles. The molecule has 0 bridgehead atoms. The van der Waals surface area contributed by atoms with Gasteiger partial charge in [0.2, 0.25) is 0 Å². The first kappa shape index (κ1) is 13.8. The largest absolute Gasteiger partial charge is 0.464 e. The van der Waals surface area contributed by atoms with E-state index in [9.17, 15) is 9.18 Å². The summed E-state index contributed by atoms with van der Waals surface area (Å²) in [4.78, 5) is 15.6. The molecule has 0 spiro atoms. The van der Waals surface area contributed by atoms with Gasteiger partial charge in [-0.1, -0.05) is 15.9 Å². The number of benzene rings is 1.